The summed E-state index contributed by atoms with van der Waals surface area (Å²) in [5.74, 6) is 0. The number of nitrogens with one attached hydrogen (secondary N) is 1. The quantitative estimate of drug-likeness (QED) is 0.751. The molecule has 2 rings (SSSR count). The average Bonchev–Trinajstić information content (AvgIpc) is 2.69. The van der Waals surface area contributed by atoms with Gasteiger partial charge in [0.1, 0.15) is 0 Å². The number of nitrogens with zero attached hydrogens (tertiary/aromatic N) is 4. The van der Waals surface area contributed by atoms with Gasteiger partial charge in [-0.25, -0.2) is 13.1 Å². The Hall–Kier alpha value is -0.990. The lowest BCUT2D eigenvalue weighted by atomic mass is 10.1. The van der Waals surface area contributed by atoms with Crippen molar-refractivity contribution in [1.82, 2.24) is 24.6 Å². The van der Waals surface area contributed by atoms with Crippen LogP contribution in [0.25, 0.3) is 0 Å². The molecule has 0 aliphatic carbocycles. The lowest BCUT2D eigenvalue weighted by Gasteiger charge is -2.37. The number of rotatable bonds is 2. The number of aryl methyl sites for hydroxylation is 1. The predicted molar refractivity (Wildman–Crippen MR) is 61.8 cm³/mol. The average molecular weight is 259 g/mol. The first-order valence-corrected chi connectivity index (χ1v) is 6.98. The molecule has 7 nitrogen and oxygen atoms in total. The number of sulfonamides is 1. The van der Waals surface area contributed by atoms with E-state index < -0.39 is 10.0 Å². The fourth-order valence-electron chi connectivity index (χ4n) is 2.00. The maximum Gasteiger partial charge on any atom is 0.262 e. The van der Waals surface area contributed by atoms with Crippen LogP contribution < -0.4 is 5.32 Å². The molecule has 0 bridgehead atoms. The van der Waals surface area contributed by atoms with Crippen molar-refractivity contribution in [2.75, 3.05) is 13.1 Å². The molecular weight excluding hydrogens is 242 g/mol. The maximum atomic E-state index is 12.4. The highest BCUT2D eigenvalue weighted by Crippen LogP contribution is 2.19. The van der Waals surface area contributed by atoms with E-state index in [1.54, 1.807) is 7.05 Å². The van der Waals surface area contributed by atoms with E-state index in [2.05, 4.69) is 15.6 Å². The largest absolute Gasteiger partial charge is 0.311 e. The zero-order valence-electron chi connectivity index (χ0n) is 10.2. The summed E-state index contributed by atoms with van der Waals surface area (Å²) in [6.07, 6.45) is 1.29. The molecule has 0 unspecified atom stereocenters. The molecular formula is C9H17N5O2S. The molecule has 0 saturated carbocycles. The summed E-state index contributed by atoms with van der Waals surface area (Å²) in [6, 6.07) is 0.0587. The van der Waals surface area contributed by atoms with E-state index in [0.717, 1.165) is 0 Å². The molecule has 0 aromatic carbocycles. The van der Waals surface area contributed by atoms with Crippen LogP contribution in [0.5, 0.6) is 0 Å². The van der Waals surface area contributed by atoms with Crippen LogP contribution in [0.4, 0.5) is 0 Å². The fraction of sp³-hybridized carbons (Fsp3) is 0.778. The zero-order valence-corrected chi connectivity index (χ0v) is 11.0. The molecule has 1 aliphatic rings. The van der Waals surface area contributed by atoms with Gasteiger partial charge in [-0.3, -0.25) is 0 Å². The molecule has 1 fully saturated rings. The van der Waals surface area contributed by atoms with Crippen LogP contribution in [0, 0.1) is 0 Å². The van der Waals surface area contributed by atoms with Crippen molar-refractivity contribution in [3.8, 4) is 0 Å². The van der Waals surface area contributed by atoms with Crippen molar-refractivity contribution in [3.63, 3.8) is 0 Å². The Labute approximate surface area is 101 Å². The Morgan fingerprint density at radius 2 is 2.18 bits per heavy atom. The summed E-state index contributed by atoms with van der Waals surface area (Å²) in [6.45, 7) is 5.01. The van der Waals surface area contributed by atoms with Crippen LogP contribution in [-0.4, -0.2) is 52.9 Å². The molecule has 0 radical (unpaired) electrons. The first-order valence-electron chi connectivity index (χ1n) is 5.54. The molecule has 2 atom stereocenters. The minimum absolute atomic E-state index is 0.0800. The summed E-state index contributed by atoms with van der Waals surface area (Å²) >= 11 is 0. The Morgan fingerprint density at radius 1 is 1.47 bits per heavy atom. The van der Waals surface area contributed by atoms with E-state index in [9.17, 15) is 8.42 Å². The van der Waals surface area contributed by atoms with Crippen molar-refractivity contribution >= 4 is 10.0 Å². The number of hydrogen-bond donors (Lipinski definition) is 1. The van der Waals surface area contributed by atoms with Crippen molar-refractivity contribution in [3.05, 3.63) is 6.20 Å². The van der Waals surface area contributed by atoms with Gasteiger partial charge in [0.15, 0.2) is 5.03 Å². The molecule has 1 N–H and O–H groups in total. The molecule has 0 amide bonds. The maximum absolute atomic E-state index is 12.4. The van der Waals surface area contributed by atoms with Gasteiger partial charge < -0.3 is 5.32 Å². The SMILES string of the molecule is C[C@@H]1[C@@H](C)NCCN1S(=O)(=O)c1cnnn1C. The van der Waals surface area contributed by atoms with Crippen LogP contribution in [0.3, 0.4) is 0 Å². The zero-order chi connectivity index (χ0) is 12.6. The van der Waals surface area contributed by atoms with Crippen LogP contribution in [0.15, 0.2) is 11.2 Å². The van der Waals surface area contributed by atoms with Crippen LogP contribution in [0.1, 0.15) is 13.8 Å². The molecule has 1 aromatic heterocycles. The van der Waals surface area contributed by atoms with Crippen molar-refractivity contribution in [1.29, 1.82) is 0 Å². The number of aromatic nitrogens is 3. The predicted octanol–water partition coefficient (Wildman–Crippen LogP) is -0.814. The van der Waals surface area contributed by atoms with E-state index in [0.29, 0.717) is 13.1 Å². The smallest absolute Gasteiger partial charge is 0.262 e. The van der Waals surface area contributed by atoms with Gasteiger partial charge >= 0.3 is 0 Å². The van der Waals surface area contributed by atoms with Gasteiger partial charge in [0.05, 0.1) is 6.20 Å². The van der Waals surface area contributed by atoms with Crippen LogP contribution >= 0.6 is 0 Å². The number of hydrogen-bond acceptors (Lipinski definition) is 5. The van der Waals surface area contributed by atoms with Gasteiger partial charge in [-0.05, 0) is 13.8 Å². The van der Waals surface area contributed by atoms with Gasteiger partial charge in [0, 0.05) is 32.2 Å². The number of piperazine rings is 1. The third kappa shape index (κ3) is 2.07. The third-order valence-electron chi connectivity index (χ3n) is 3.22. The Balaban J connectivity index is 2.36. The molecule has 8 heteroatoms. The highest BCUT2D eigenvalue weighted by atomic mass is 32.2. The molecule has 1 saturated heterocycles. The standard InChI is InChI=1S/C9H17N5O2S/c1-7-8(2)14(5-4-10-7)17(15,16)9-6-11-12-13(9)3/h6-8,10H,4-5H2,1-3H3/t7-,8-/m1/s1. The Morgan fingerprint density at radius 3 is 2.76 bits per heavy atom. The summed E-state index contributed by atoms with van der Waals surface area (Å²) in [4.78, 5) is 0. The second-order valence-electron chi connectivity index (χ2n) is 4.30. The molecule has 2 heterocycles. The van der Waals surface area contributed by atoms with Gasteiger partial charge in [0.25, 0.3) is 10.0 Å². The van der Waals surface area contributed by atoms with E-state index in [4.69, 9.17) is 0 Å². The highest BCUT2D eigenvalue weighted by molar-refractivity contribution is 7.89. The van der Waals surface area contributed by atoms with Crippen LogP contribution in [-0.2, 0) is 17.1 Å². The second kappa shape index (κ2) is 4.35. The van der Waals surface area contributed by atoms with Crippen molar-refractivity contribution in [2.24, 2.45) is 7.05 Å². The highest BCUT2D eigenvalue weighted by Gasteiger charge is 2.36. The van der Waals surface area contributed by atoms with Crippen molar-refractivity contribution in [2.45, 2.75) is 31.0 Å². The van der Waals surface area contributed by atoms with E-state index in [1.165, 1.54) is 15.2 Å². The summed E-state index contributed by atoms with van der Waals surface area (Å²) in [5, 5.41) is 10.7. The van der Waals surface area contributed by atoms with Crippen molar-refractivity contribution < 1.29 is 8.42 Å². The first-order chi connectivity index (χ1) is 7.94. The summed E-state index contributed by atoms with van der Waals surface area (Å²) in [5.41, 5.74) is 0. The molecule has 96 valence electrons. The molecule has 17 heavy (non-hydrogen) atoms. The molecule has 1 aliphatic heterocycles. The third-order valence-corrected chi connectivity index (χ3v) is 5.25. The minimum atomic E-state index is -3.50. The fourth-order valence-corrected chi connectivity index (χ4v) is 3.74. The van der Waals surface area contributed by atoms with Gasteiger partial charge in [-0.15, -0.1) is 5.10 Å². The van der Waals surface area contributed by atoms with Gasteiger partial charge in [-0.1, -0.05) is 5.21 Å². The topological polar surface area (TPSA) is 80.1 Å². The second-order valence-corrected chi connectivity index (χ2v) is 6.13. The van der Waals surface area contributed by atoms with Crippen LogP contribution in [0.2, 0.25) is 0 Å². The summed E-state index contributed by atoms with van der Waals surface area (Å²) in [7, 11) is -1.92. The Kier molecular flexibility index (Phi) is 3.19. The lowest BCUT2D eigenvalue weighted by molar-refractivity contribution is 0.231. The van der Waals surface area contributed by atoms with Gasteiger partial charge in [0.2, 0.25) is 0 Å². The van der Waals surface area contributed by atoms with E-state index in [1.807, 2.05) is 13.8 Å². The van der Waals surface area contributed by atoms with E-state index in [-0.39, 0.29) is 17.1 Å². The summed E-state index contributed by atoms with van der Waals surface area (Å²) < 4.78 is 27.6. The monoisotopic (exact) mass is 259 g/mol. The molecule has 0 spiro atoms. The lowest BCUT2D eigenvalue weighted by Crippen LogP contribution is -2.57. The first kappa shape index (κ1) is 12.5. The van der Waals surface area contributed by atoms with Gasteiger partial charge in [-0.2, -0.15) is 4.31 Å². The normalized spacial score (nSPS) is 27.2. The Bertz CT molecular complexity index is 497. The molecule has 1 aromatic rings. The van der Waals surface area contributed by atoms with E-state index >= 15 is 0 Å². The minimum Gasteiger partial charge on any atom is -0.311 e.